The average molecular weight is 378 g/mol. The fourth-order valence-corrected chi connectivity index (χ4v) is 2.56. The van der Waals surface area contributed by atoms with E-state index in [-0.39, 0.29) is 5.91 Å². The van der Waals surface area contributed by atoms with Crippen molar-refractivity contribution in [2.24, 2.45) is 0 Å². The molecule has 0 spiro atoms. The van der Waals surface area contributed by atoms with Crippen LogP contribution in [-0.2, 0) is 0 Å². The van der Waals surface area contributed by atoms with E-state index in [0.29, 0.717) is 17.8 Å². The zero-order chi connectivity index (χ0) is 14.5. The lowest BCUT2D eigenvalue weighted by atomic mass is 10.1. The monoisotopic (exact) mass is 378 g/mol. The van der Waals surface area contributed by atoms with Gasteiger partial charge < -0.3 is 4.90 Å². The third-order valence-electron chi connectivity index (χ3n) is 3.01. The van der Waals surface area contributed by atoms with Crippen LogP contribution in [0.3, 0.4) is 0 Å². The lowest BCUT2D eigenvalue weighted by Crippen LogP contribution is -2.29. The minimum atomic E-state index is -0.0284. The zero-order valence-electron chi connectivity index (χ0n) is 11.2. The van der Waals surface area contributed by atoms with E-state index in [2.05, 4.69) is 34.2 Å². The summed E-state index contributed by atoms with van der Waals surface area (Å²) in [7, 11) is 0. The smallest absolute Gasteiger partial charge is 0.259 e. The number of carbonyl (C=O) groups excluding carboxylic acids is 1. The molecule has 0 bridgehead atoms. The standard InChI is InChI=1S/C16H15IN2O/c1-3-19(12(2)13-8-10-18-11-9-13)16(20)14-6-4-5-7-15(14)17/h4-11H,2-3H2,1H3. The van der Waals surface area contributed by atoms with Crippen LogP contribution in [-0.4, -0.2) is 22.3 Å². The van der Waals surface area contributed by atoms with Gasteiger partial charge in [-0.05, 0) is 53.8 Å². The molecule has 4 heteroatoms. The average Bonchev–Trinajstić information content (AvgIpc) is 2.49. The highest BCUT2D eigenvalue weighted by Crippen LogP contribution is 2.21. The largest absolute Gasteiger partial charge is 0.309 e. The van der Waals surface area contributed by atoms with Gasteiger partial charge in [0.1, 0.15) is 0 Å². The first kappa shape index (κ1) is 14.7. The van der Waals surface area contributed by atoms with Gasteiger partial charge in [-0.25, -0.2) is 0 Å². The Bertz CT molecular complexity index is 625. The summed E-state index contributed by atoms with van der Waals surface area (Å²) in [5.74, 6) is -0.0284. The summed E-state index contributed by atoms with van der Waals surface area (Å²) >= 11 is 2.18. The van der Waals surface area contributed by atoms with Crippen LogP contribution in [0.1, 0.15) is 22.8 Å². The lowest BCUT2D eigenvalue weighted by molar-refractivity contribution is 0.0840. The van der Waals surface area contributed by atoms with Gasteiger partial charge in [-0.3, -0.25) is 9.78 Å². The molecule has 1 aromatic heterocycles. The molecule has 0 atom stereocenters. The molecule has 0 aliphatic rings. The first-order valence-electron chi connectivity index (χ1n) is 6.30. The van der Waals surface area contributed by atoms with Crippen LogP contribution in [0.25, 0.3) is 5.70 Å². The zero-order valence-corrected chi connectivity index (χ0v) is 13.4. The van der Waals surface area contributed by atoms with Gasteiger partial charge in [0.25, 0.3) is 5.91 Å². The molecule has 0 saturated heterocycles. The second kappa shape index (κ2) is 6.65. The van der Waals surface area contributed by atoms with E-state index in [0.717, 1.165) is 9.13 Å². The van der Waals surface area contributed by atoms with Crippen molar-refractivity contribution >= 4 is 34.2 Å². The second-order valence-electron chi connectivity index (χ2n) is 4.21. The summed E-state index contributed by atoms with van der Waals surface area (Å²) in [5, 5.41) is 0. The summed E-state index contributed by atoms with van der Waals surface area (Å²) in [4.78, 5) is 18.3. The number of benzene rings is 1. The fraction of sp³-hybridized carbons (Fsp3) is 0.125. The predicted octanol–water partition coefficient (Wildman–Crippen LogP) is 3.82. The van der Waals surface area contributed by atoms with Crippen LogP contribution < -0.4 is 0 Å². The Labute approximate surface area is 132 Å². The van der Waals surface area contributed by atoms with Crippen LogP contribution >= 0.6 is 22.6 Å². The number of aromatic nitrogens is 1. The molecule has 2 rings (SSSR count). The molecule has 0 aliphatic carbocycles. The molecular weight excluding hydrogens is 363 g/mol. The number of halogens is 1. The summed E-state index contributed by atoms with van der Waals surface area (Å²) in [6.45, 7) is 6.57. The van der Waals surface area contributed by atoms with Gasteiger partial charge in [0.15, 0.2) is 0 Å². The van der Waals surface area contributed by atoms with Gasteiger partial charge in [0, 0.05) is 33.8 Å². The van der Waals surface area contributed by atoms with Crippen molar-refractivity contribution < 1.29 is 4.79 Å². The summed E-state index contributed by atoms with van der Waals surface area (Å²) in [5.41, 5.74) is 2.30. The molecule has 1 amide bonds. The van der Waals surface area contributed by atoms with E-state index in [4.69, 9.17) is 0 Å². The van der Waals surface area contributed by atoms with Crippen LogP contribution in [0.15, 0.2) is 55.4 Å². The van der Waals surface area contributed by atoms with Gasteiger partial charge in [0.05, 0.1) is 5.56 Å². The summed E-state index contributed by atoms with van der Waals surface area (Å²) in [6.07, 6.45) is 3.40. The number of amides is 1. The van der Waals surface area contributed by atoms with E-state index in [1.807, 2.05) is 43.3 Å². The van der Waals surface area contributed by atoms with Crippen molar-refractivity contribution in [2.45, 2.75) is 6.92 Å². The van der Waals surface area contributed by atoms with Crippen molar-refractivity contribution in [3.63, 3.8) is 0 Å². The SMILES string of the molecule is C=C(c1ccncc1)N(CC)C(=O)c1ccccc1I. The van der Waals surface area contributed by atoms with E-state index in [9.17, 15) is 4.79 Å². The van der Waals surface area contributed by atoms with E-state index in [1.165, 1.54) is 0 Å². The number of rotatable bonds is 4. The number of nitrogens with zero attached hydrogens (tertiary/aromatic N) is 2. The Morgan fingerprint density at radius 3 is 2.50 bits per heavy atom. The third kappa shape index (κ3) is 3.07. The third-order valence-corrected chi connectivity index (χ3v) is 3.95. The van der Waals surface area contributed by atoms with Crippen LogP contribution in [0.5, 0.6) is 0 Å². The van der Waals surface area contributed by atoms with Crippen molar-refractivity contribution in [3.05, 3.63) is 70.1 Å². The Kier molecular flexibility index (Phi) is 4.89. The number of hydrogen-bond acceptors (Lipinski definition) is 2. The molecule has 0 fully saturated rings. The molecule has 0 saturated carbocycles. The highest BCUT2D eigenvalue weighted by molar-refractivity contribution is 14.1. The number of pyridine rings is 1. The van der Waals surface area contributed by atoms with Crippen molar-refractivity contribution in [3.8, 4) is 0 Å². The highest BCUT2D eigenvalue weighted by Gasteiger charge is 2.19. The van der Waals surface area contributed by atoms with Crippen LogP contribution in [0, 0.1) is 3.57 Å². The Hall–Kier alpha value is -1.69. The molecule has 3 nitrogen and oxygen atoms in total. The van der Waals surface area contributed by atoms with E-state index in [1.54, 1.807) is 17.3 Å². The topological polar surface area (TPSA) is 33.2 Å². The summed E-state index contributed by atoms with van der Waals surface area (Å²) in [6, 6.07) is 11.3. The summed E-state index contributed by atoms with van der Waals surface area (Å²) < 4.78 is 0.941. The van der Waals surface area contributed by atoms with Crippen molar-refractivity contribution in [1.82, 2.24) is 9.88 Å². The molecule has 1 heterocycles. The van der Waals surface area contributed by atoms with Gasteiger partial charge in [-0.15, -0.1) is 0 Å². The number of carbonyl (C=O) groups is 1. The van der Waals surface area contributed by atoms with Gasteiger partial charge >= 0.3 is 0 Å². The second-order valence-corrected chi connectivity index (χ2v) is 5.37. The fourth-order valence-electron chi connectivity index (χ4n) is 1.94. The molecule has 0 N–H and O–H groups in total. The molecule has 2 aromatic rings. The Morgan fingerprint density at radius 1 is 1.25 bits per heavy atom. The highest BCUT2D eigenvalue weighted by atomic mass is 127. The number of hydrogen-bond donors (Lipinski definition) is 0. The Morgan fingerprint density at radius 2 is 1.90 bits per heavy atom. The van der Waals surface area contributed by atoms with E-state index < -0.39 is 0 Å². The molecule has 20 heavy (non-hydrogen) atoms. The minimum absolute atomic E-state index is 0.0284. The van der Waals surface area contributed by atoms with Gasteiger partial charge in [-0.2, -0.15) is 0 Å². The molecule has 0 unspecified atom stereocenters. The van der Waals surface area contributed by atoms with E-state index >= 15 is 0 Å². The maximum atomic E-state index is 12.7. The molecule has 0 radical (unpaired) electrons. The quantitative estimate of drug-likeness (QED) is 0.758. The molecule has 0 aliphatic heterocycles. The Balaban J connectivity index is 2.31. The maximum absolute atomic E-state index is 12.7. The molecule has 102 valence electrons. The van der Waals surface area contributed by atoms with Gasteiger partial charge in [-0.1, -0.05) is 18.7 Å². The van der Waals surface area contributed by atoms with Crippen molar-refractivity contribution in [2.75, 3.05) is 6.54 Å². The first-order valence-corrected chi connectivity index (χ1v) is 7.38. The van der Waals surface area contributed by atoms with Crippen LogP contribution in [0.2, 0.25) is 0 Å². The van der Waals surface area contributed by atoms with Gasteiger partial charge in [0.2, 0.25) is 0 Å². The minimum Gasteiger partial charge on any atom is -0.309 e. The molecule has 1 aromatic carbocycles. The van der Waals surface area contributed by atoms with Crippen molar-refractivity contribution in [1.29, 1.82) is 0 Å². The molecular formula is C16H15IN2O. The predicted molar refractivity (Wildman–Crippen MR) is 89.1 cm³/mol. The van der Waals surface area contributed by atoms with Crippen LogP contribution in [0.4, 0.5) is 0 Å². The maximum Gasteiger partial charge on any atom is 0.259 e. The first-order chi connectivity index (χ1) is 9.65. The lowest BCUT2D eigenvalue weighted by Gasteiger charge is -2.24. The normalized spacial score (nSPS) is 10.1.